The van der Waals surface area contributed by atoms with Gasteiger partial charge in [-0.2, -0.15) is 5.10 Å². The molecule has 2 aliphatic rings. The zero-order valence-electron chi connectivity index (χ0n) is 11.1. The van der Waals surface area contributed by atoms with Gasteiger partial charge in [-0.1, -0.05) is 12.8 Å². The third kappa shape index (κ3) is 2.39. The van der Waals surface area contributed by atoms with Crippen LogP contribution in [0.5, 0.6) is 0 Å². The van der Waals surface area contributed by atoms with Gasteiger partial charge in [0.25, 0.3) is 5.91 Å². The van der Waals surface area contributed by atoms with E-state index >= 15 is 0 Å². The van der Waals surface area contributed by atoms with Crippen LogP contribution in [0.25, 0.3) is 0 Å². The summed E-state index contributed by atoms with van der Waals surface area (Å²) in [4.78, 5) is 14.4. The second-order valence-electron chi connectivity index (χ2n) is 5.71. The van der Waals surface area contributed by atoms with E-state index in [1.165, 1.54) is 6.42 Å². The molecule has 1 saturated carbocycles. The van der Waals surface area contributed by atoms with Crippen LogP contribution >= 0.6 is 0 Å². The van der Waals surface area contributed by atoms with E-state index in [0.29, 0.717) is 5.56 Å². The summed E-state index contributed by atoms with van der Waals surface area (Å²) in [6.07, 6.45) is 9.26. The number of aromatic nitrogens is 2. The van der Waals surface area contributed by atoms with Crippen molar-refractivity contribution in [1.29, 1.82) is 0 Å². The second-order valence-corrected chi connectivity index (χ2v) is 5.71. The van der Waals surface area contributed by atoms with Crippen molar-refractivity contribution in [2.24, 2.45) is 5.92 Å². The minimum absolute atomic E-state index is 0.0500. The molecular formula is C14H21N3O2. The average Bonchev–Trinajstić information content (AvgIpc) is 3.10. The topological polar surface area (TPSA) is 69.2 Å². The second kappa shape index (κ2) is 5.33. The zero-order chi connectivity index (χ0) is 13.2. The highest BCUT2D eigenvalue weighted by molar-refractivity contribution is 5.94. The zero-order valence-corrected chi connectivity index (χ0v) is 11.1. The average molecular weight is 263 g/mol. The van der Waals surface area contributed by atoms with E-state index in [4.69, 9.17) is 0 Å². The quantitative estimate of drug-likeness (QED) is 0.851. The van der Waals surface area contributed by atoms with E-state index in [1.54, 1.807) is 12.4 Å². The van der Waals surface area contributed by atoms with Crippen LogP contribution < -0.4 is 0 Å². The number of amides is 1. The molecule has 5 heteroatoms. The molecule has 5 nitrogen and oxygen atoms in total. The number of aromatic amines is 1. The van der Waals surface area contributed by atoms with Gasteiger partial charge in [0.2, 0.25) is 0 Å². The minimum atomic E-state index is -0.239. The van der Waals surface area contributed by atoms with Gasteiger partial charge < -0.3 is 10.0 Å². The monoisotopic (exact) mass is 263 g/mol. The number of aliphatic hydroxyl groups is 1. The van der Waals surface area contributed by atoms with E-state index in [0.717, 1.165) is 38.6 Å². The Bertz CT molecular complexity index is 432. The highest BCUT2D eigenvalue weighted by Gasteiger charge is 2.39. The molecule has 0 radical (unpaired) electrons. The maximum absolute atomic E-state index is 12.5. The van der Waals surface area contributed by atoms with E-state index in [-0.39, 0.29) is 24.0 Å². The number of nitrogens with one attached hydrogen (secondary N) is 1. The molecule has 1 amide bonds. The van der Waals surface area contributed by atoms with Crippen LogP contribution in [-0.4, -0.2) is 44.8 Å². The van der Waals surface area contributed by atoms with Crippen LogP contribution in [0.3, 0.4) is 0 Å². The summed E-state index contributed by atoms with van der Waals surface area (Å²) < 4.78 is 0. The van der Waals surface area contributed by atoms with Crippen molar-refractivity contribution in [3.63, 3.8) is 0 Å². The predicted octanol–water partition coefficient (Wildman–Crippen LogP) is 1.57. The van der Waals surface area contributed by atoms with Crippen LogP contribution in [-0.2, 0) is 0 Å². The van der Waals surface area contributed by atoms with E-state index in [2.05, 4.69) is 10.2 Å². The first-order valence-electron chi connectivity index (χ1n) is 7.25. The standard InChI is InChI=1S/C14H21N3O2/c18-13-6-2-1-4-11(13)12-5-3-7-17(12)14(19)10-8-15-16-9-10/h8-9,11-13,18H,1-7H2,(H,15,16). The fourth-order valence-corrected chi connectivity index (χ4v) is 3.61. The first-order valence-corrected chi connectivity index (χ1v) is 7.25. The lowest BCUT2D eigenvalue weighted by Gasteiger charge is -2.37. The number of nitrogens with zero attached hydrogens (tertiary/aromatic N) is 2. The predicted molar refractivity (Wildman–Crippen MR) is 70.6 cm³/mol. The maximum Gasteiger partial charge on any atom is 0.257 e. The minimum Gasteiger partial charge on any atom is -0.393 e. The third-order valence-corrected chi connectivity index (χ3v) is 4.58. The molecule has 2 heterocycles. The van der Waals surface area contributed by atoms with Gasteiger partial charge >= 0.3 is 0 Å². The number of hydrogen-bond donors (Lipinski definition) is 2. The van der Waals surface area contributed by atoms with E-state index in [9.17, 15) is 9.90 Å². The van der Waals surface area contributed by atoms with Crippen LogP contribution in [0.1, 0.15) is 48.9 Å². The van der Waals surface area contributed by atoms with Crippen LogP contribution in [0.15, 0.2) is 12.4 Å². The highest BCUT2D eigenvalue weighted by Crippen LogP contribution is 2.35. The molecule has 19 heavy (non-hydrogen) atoms. The molecule has 1 aromatic rings. The normalized spacial score (nSPS) is 31.6. The Kier molecular flexibility index (Phi) is 3.55. The SMILES string of the molecule is O=C(c1cn[nH]c1)N1CCCC1C1CCCCC1O. The molecule has 3 atom stereocenters. The van der Waals surface area contributed by atoms with Gasteiger partial charge in [-0.25, -0.2) is 0 Å². The van der Waals surface area contributed by atoms with Crippen molar-refractivity contribution < 1.29 is 9.90 Å². The lowest BCUT2D eigenvalue weighted by atomic mass is 9.80. The number of aliphatic hydroxyl groups excluding tert-OH is 1. The summed E-state index contributed by atoms with van der Waals surface area (Å²) in [5, 5.41) is 16.7. The van der Waals surface area contributed by atoms with E-state index < -0.39 is 0 Å². The van der Waals surface area contributed by atoms with Crippen molar-refractivity contribution in [1.82, 2.24) is 15.1 Å². The lowest BCUT2D eigenvalue weighted by molar-refractivity contribution is 0.0211. The summed E-state index contributed by atoms with van der Waals surface area (Å²) in [6.45, 7) is 0.803. The molecule has 104 valence electrons. The number of H-pyrrole nitrogens is 1. The molecule has 1 aliphatic carbocycles. The number of rotatable bonds is 2. The summed E-state index contributed by atoms with van der Waals surface area (Å²) in [6, 6.07) is 0.206. The molecular weight excluding hydrogens is 242 g/mol. The van der Waals surface area contributed by atoms with Gasteiger partial charge in [-0.3, -0.25) is 9.89 Å². The Balaban J connectivity index is 1.75. The van der Waals surface area contributed by atoms with Crippen molar-refractivity contribution in [3.05, 3.63) is 18.0 Å². The number of carbonyl (C=O) groups is 1. The molecule has 1 aromatic heterocycles. The van der Waals surface area contributed by atoms with Crippen molar-refractivity contribution >= 4 is 5.91 Å². The molecule has 2 N–H and O–H groups in total. The summed E-state index contributed by atoms with van der Waals surface area (Å²) in [5.41, 5.74) is 0.622. The van der Waals surface area contributed by atoms with Crippen LogP contribution in [0.4, 0.5) is 0 Å². The molecule has 3 unspecified atom stereocenters. The number of carbonyl (C=O) groups excluding carboxylic acids is 1. The van der Waals surface area contributed by atoms with Crippen molar-refractivity contribution in [2.45, 2.75) is 50.7 Å². The Labute approximate surface area is 113 Å². The lowest BCUT2D eigenvalue weighted by Crippen LogP contribution is -2.45. The van der Waals surface area contributed by atoms with Crippen LogP contribution in [0, 0.1) is 5.92 Å². The molecule has 1 aliphatic heterocycles. The van der Waals surface area contributed by atoms with Gasteiger partial charge in [-0.15, -0.1) is 0 Å². The fourth-order valence-electron chi connectivity index (χ4n) is 3.61. The van der Waals surface area contributed by atoms with Gasteiger partial charge in [0.05, 0.1) is 17.9 Å². The van der Waals surface area contributed by atoms with E-state index in [1.807, 2.05) is 4.90 Å². The highest BCUT2D eigenvalue weighted by atomic mass is 16.3. The molecule has 2 fully saturated rings. The Morgan fingerprint density at radius 2 is 2.16 bits per heavy atom. The number of likely N-dealkylation sites (tertiary alicyclic amines) is 1. The molecule has 1 saturated heterocycles. The van der Waals surface area contributed by atoms with Gasteiger partial charge in [0.15, 0.2) is 0 Å². The smallest absolute Gasteiger partial charge is 0.257 e. The Morgan fingerprint density at radius 1 is 1.32 bits per heavy atom. The van der Waals surface area contributed by atoms with Crippen LogP contribution in [0.2, 0.25) is 0 Å². The molecule has 3 rings (SSSR count). The van der Waals surface area contributed by atoms with Crippen molar-refractivity contribution in [2.75, 3.05) is 6.54 Å². The van der Waals surface area contributed by atoms with Gasteiger partial charge in [-0.05, 0) is 25.7 Å². The fraction of sp³-hybridized carbons (Fsp3) is 0.714. The molecule has 0 aromatic carbocycles. The first kappa shape index (κ1) is 12.7. The molecule has 0 spiro atoms. The number of hydrogen-bond acceptors (Lipinski definition) is 3. The Hall–Kier alpha value is -1.36. The van der Waals surface area contributed by atoms with Gasteiger partial charge in [0, 0.05) is 24.7 Å². The Morgan fingerprint density at radius 3 is 2.89 bits per heavy atom. The van der Waals surface area contributed by atoms with Gasteiger partial charge in [0.1, 0.15) is 0 Å². The summed E-state index contributed by atoms with van der Waals surface area (Å²) in [5.74, 6) is 0.307. The summed E-state index contributed by atoms with van der Waals surface area (Å²) >= 11 is 0. The third-order valence-electron chi connectivity index (χ3n) is 4.58. The maximum atomic E-state index is 12.5. The first-order chi connectivity index (χ1) is 9.27. The summed E-state index contributed by atoms with van der Waals surface area (Å²) in [7, 11) is 0. The molecule has 0 bridgehead atoms. The van der Waals surface area contributed by atoms with Crippen molar-refractivity contribution in [3.8, 4) is 0 Å². The largest absolute Gasteiger partial charge is 0.393 e.